The standard InChI is InChI=1S/C22H22ClNO6/c1-28-11-10-24-19(14-6-9-16(29-2)17(12-14)30-3)18(21(26)22(24)27)20(25)13-4-7-15(23)8-5-13/h4-9,12,19,25H,10-11H2,1-3H3/t19-/m0/s1. The van der Waals surface area contributed by atoms with Crippen LogP contribution in [0.15, 0.2) is 48.0 Å². The first-order chi connectivity index (χ1) is 14.4. The summed E-state index contributed by atoms with van der Waals surface area (Å²) in [6.07, 6.45) is 0. The first-order valence-corrected chi connectivity index (χ1v) is 9.56. The van der Waals surface area contributed by atoms with E-state index in [1.54, 1.807) is 42.5 Å². The summed E-state index contributed by atoms with van der Waals surface area (Å²) in [6.45, 7) is 0.412. The maximum atomic E-state index is 12.9. The lowest BCUT2D eigenvalue weighted by Crippen LogP contribution is -2.32. The zero-order valence-corrected chi connectivity index (χ0v) is 17.6. The number of aliphatic hydroxyl groups is 1. The Bertz CT molecular complexity index is 986. The van der Waals surface area contributed by atoms with Crippen LogP contribution in [-0.2, 0) is 14.3 Å². The van der Waals surface area contributed by atoms with Crippen LogP contribution in [0, 0.1) is 0 Å². The smallest absolute Gasteiger partial charge is 0.295 e. The highest BCUT2D eigenvalue weighted by Crippen LogP contribution is 2.41. The van der Waals surface area contributed by atoms with Crippen LogP contribution >= 0.6 is 11.6 Å². The van der Waals surface area contributed by atoms with Crippen LogP contribution in [0.1, 0.15) is 17.2 Å². The Morgan fingerprint density at radius 3 is 2.30 bits per heavy atom. The Balaban J connectivity index is 2.18. The van der Waals surface area contributed by atoms with Gasteiger partial charge in [0.25, 0.3) is 11.7 Å². The summed E-state index contributed by atoms with van der Waals surface area (Å²) in [5, 5.41) is 11.4. The lowest BCUT2D eigenvalue weighted by molar-refractivity contribution is -0.140. The Labute approximate surface area is 179 Å². The second-order valence-electron chi connectivity index (χ2n) is 6.61. The summed E-state index contributed by atoms with van der Waals surface area (Å²) in [7, 11) is 4.52. The van der Waals surface area contributed by atoms with E-state index in [1.807, 2.05) is 0 Å². The molecule has 0 bridgehead atoms. The van der Waals surface area contributed by atoms with Crippen molar-refractivity contribution >= 4 is 29.1 Å². The second-order valence-corrected chi connectivity index (χ2v) is 7.04. The number of carbonyl (C=O) groups excluding carboxylic acids is 2. The average Bonchev–Trinajstić information content (AvgIpc) is 3.01. The minimum atomic E-state index is -0.810. The monoisotopic (exact) mass is 431 g/mol. The number of amides is 1. The SMILES string of the molecule is COCCN1C(=O)C(=O)C(=C(O)c2ccc(Cl)cc2)[C@@H]1c1ccc(OC)c(OC)c1. The fourth-order valence-corrected chi connectivity index (χ4v) is 3.56. The fourth-order valence-electron chi connectivity index (χ4n) is 3.43. The number of benzene rings is 2. The molecule has 0 saturated carbocycles. The number of methoxy groups -OCH3 is 3. The Morgan fingerprint density at radius 2 is 1.70 bits per heavy atom. The number of carbonyl (C=O) groups is 2. The number of halogens is 1. The van der Waals surface area contributed by atoms with E-state index < -0.39 is 17.7 Å². The van der Waals surface area contributed by atoms with Gasteiger partial charge in [0, 0.05) is 24.2 Å². The topological polar surface area (TPSA) is 85.3 Å². The van der Waals surface area contributed by atoms with Crippen molar-refractivity contribution in [2.45, 2.75) is 6.04 Å². The van der Waals surface area contributed by atoms with Gasteiger partial charge in [-0.1, -0.05) is 17.7 Å². The largest absolute Gasteiger partial charge is 0.507 e. The molecule has 0 spiro atoms. The molecular weight excluding hydrogens is 410 g/mol. The first-order valence-electron chi connectivity index (χ1n) is 9.18. The molecule has 1 aliphatic rings. The summed E-state index contributed by atoms with van der Waals surface area (Å²) in [4.78, 5) is 27.0. The number of rotatable bonds is 7. The molecule has 2 aromatic carbocycles. The first kappa shape index (κ1) is 21.7. The number of nitrogens with zero attached hydrogens (tertiary/aromatic N) is 1. The number of ketones is 1. The molecule has 0 aromatic heterocycles. The van der Waals surface area contributed by atoms with Gasteiger partial charge in [-0.3, -0.25) is 9.59 Å². The van der Waals surface area contributed by atoms with Gasteiger partial charge in [0.05, 0.1) is 32.4 Å². The van der Waals surface area contributed by atoms with Crippen molar-refractivity contribution in [3.63, 3.8) is 0 Å². The number of ether oxygens (including phenoxy) is 3. The van der Waals surface area contributed by atoms with E-state index in [1.165, 1.54) is 26.2 Å². The maximum Gasteiger partial charge on any atom is 0.295 e. The van der Waals surface area contributed by atoms with Crippen molar-refractivity contribution in [2.24, 2.45) is 0 Å². The summed E-state index contributed by atoms with van der Waals surface area (Å²) in [5.74, 6) is -0.794. The van der Waals surface area contributed by atoms with Crippen molar-refractivity contribution < 1.29 is 28.9 Å². The van der Waals surface area contributed by atoms with Crippen LogP contribution < -0.4 is 9.47 Å². The van der Waals surface area contributed by atoms with Crippen LogP contribution in [0.2, 0.25) is 5.02 Å². The number of hydrogen-bond acceptors (Lipinski definition) is 6. The third-order valence-electron chi connectivity index (χ3n) is 4.92. The predicted molar refractivity (Wildman–Crippen MR) is 112 cm³/mol. The summed E-state index contributed by atoms with van der Waals surface area (Å²) < 4.78 is 15.7. The molecule has 0 aliphatic carbocycles. The number of Topliss-reactive ketones (excluding diaryl/α,β-unsaturated/α-hetero) is 1. The van der Waals surface area contributed by atoms with Gasteiger partial charge >= 0.3 is 0 Å². The number of likely N-dealkylation sites (tertiary alicyclic amines) is 1. The molecule has 1 N–H and O–H groups in total. The predicted octanol–water partition coefficient (Wildman–Crippen LogP) is 3.43. The number of hydrogen-bond donors (Lipinski definition) is 1. The van der Waals surface area contributed by atoms with E-state index in [2.05, 4.69) is 0 Å². The Kier molecular flexibility index (Phi) is 6.64. The van der Waals surface area contributed by atoms with Crippen LogP contribution in [0.25, 0.3) is 5.76 Å². The van der Waals surface area contributed by atoms with Gasteiger partial charge in [0.2, 0.25) is 0 Å². The highest BCUT2D eigenvalue weighted by atomic mass is 35.5. The third-order valence-corrected chi connectivity index (χ3v) is 5.17. The van der Waals surface area contributed by atoms with E-state index in [0.29, 0.717) is 27.6 Å². The van der Waals surface area contributed by atoms with Crippen LogP contribution in [0.3, 0.4) is 0 Å². The van der Waals surface area contributed by atoms with Gasteiger partial charge in [0.1, 0.15) is 5.76 Å². The van der Waals surface area contributed by atoms with Gasteiger partial charge in [-0.15, -0.1) is 0 Å². The molecule has 0 radical (unpaired) electrons. The van der Waals surface area contributed by atoms with Crippen LogP contribution in [0.4, 0.5) is 0 Å². The van der Waals surface area contributed by atoms with E-state index in [0.717, 1.165) is 0 Å². The van der Waals surface area contributed by atoms with Gasteiger partial charge in [0.15, 0.2) is 11.5 Å². The maximum absolute atomic E-state index is 12.9. The van der Waals surface area contributed by atoms with Crippen molar-refractivity contribution in [1.82, 2.24) is 4.90 Å². The summed E-state index contributed by atoms with van der Waals surface area (Å²) >= 11 is 5.93. The molecule has 3 rings (SSSR count). The van der Waals surface area contributed by atoms with Gasteiger partial charge in [-0.25, -0.2) is 0 Å². The van der Waals surface area contributed by atoms with Crippen molar-refractivity contribution in [3.8, 4) is 11.5 Å². The third kappa shape index (κ3) is 3.99. The molecule has 8 heteroatoms. The van der Waals surface area contributed by atoms with Crippen LogP contribution in [0.5, 0.6) is 11.5 Å². The molecule has 1 saturated heterocycles. The van der Waals surface area contributed by atoms with Crippen LogP contribution in [-0.4, -0.2) is 56.2 Å². The fraction of sp³-hybridized carbons (Fsp3) is 0.273. The Hall–Kier alpha value is -3.03. The normalized spacial score (nSPS) is 18.0. The Morgan fingerprint density at radius 1 is 1.03 bits per heavy atom. The molecule has 158 valence electrons. The molecule has 1 aliphatic heterocycles. The van der Waals surface area contributed by atoms with E-state index in [4.69, 9.17) is 25.8 Å². The quantitative estimate of drug-likeness (QED) is 0.410. The van der Waals surface area contributed by atoms with Gasteiger partial charge in [-0.05, 0) is 42.0 Å². The molecule has 1 atom stereocenters. The highest BCUT2D eigenvalue weighted by molar-refractivity contribution is 6.46. The van der Waals surface area contributed by atoms with Crippen molar-refractivity contribution in [3.05, 3.63) is 64.2 Å². The molecule has 2 aromatic rings. The molecule has 7 nitrogen and oxygen atoms in total. The minimum absolute atomic E-state index is 0.00866. The highest BCUT2D eigenvalue weighted by Gasteiger charge is 2.46. The van der Waals surface area contributed by atoms with Crippen molar-refractivity contribution in [2.75, 3.05) is 34.5 Å². The summed E-state index contributed by atoms with van der Waals surface area (Å²) in [5.41, 5.74) is 0.971. The molecule has 0 unspecified atom stereocenters. The molecule has 1 heterocycles. The molecule has 1 amide bonds. The number of aliphatic hydroxyl groups excluding tert-OH is 1. The van der Waals surface area contributed by atoms with E-state index in [-0.39, 0.29) is 24.5 Å². The van der Waals surface area contributed by atoms with Gasteiger partial charge < -0.3 is 24.2 Å². The molecule has 1 fully saturated rings. The minimum Gasteiger partial charge on any atom is -0.507 e. The molecule has 30 heavy (non-hydrogen) atoms. The zero-order chi connectivity index (χ0) is 21.8. The molecular formula is C22H22ClNO6. The second kappa shape index (κ2) is 9.19. The van der Waals surface area contributed by atoms with Gasteiger partial charge in [-0.2, -0.15) is 0 Å². The summed E-state index contributed by atoms with van der Waals surface area (Å²) in [6, 6.07) is 10.7. The zero-order valence-electron chi connectivity index (χ0n) is 16.8. The lowest BCUT2D eigenvalue weighted by atomic mass is 9.95. The average molecular weight is 432 g/mol. The lowest BCUT2D eigenvalue weighted by Gasteiger charge is -2.25. The van der Waals surface area contributed by atoms with Crippen molar-refractivity contribution in [1.29, 1.82) is 0 Å². The van der Waals surface area contributed by atoms with E-state index in [9.17, 15) is 14.7 Å². The van der Waals surface area contributed by atoms with E-state index >= 15 is 0 Å².